The molecule has 1 heterocycles. The Hall–Kier alpha value is -2.69. The number of hydrogen-bond acceptors (Lipinski definition) is 2. The van der Waals surface area contributed by atoms with Crippen LogP contribution in [0.2, 0.25) is 0 Å². The summed E-state index contributed by atoms with van der Waals surface area (Å²) < 4.78 is 13.4. The van der Waals surface area contributed by atoms with Gasteiger partial charge in [0.2, 0.25) is 11.8 Å². The summed E-state index contributed by atoms with van der Waals surface area (Å²) in [6.07, 6.45) is 3.85. The summed E-state index contributed by atoms with van der Waals surface area (Å²) in [5, 5.41) is 0. The molecule has 27 heavy (non-hydrogen) atoms. The first kappa shape index (κ1) is 17.7. The van der Waals surface area contributed by atoms with Gasteiger partial charge < -0.3 is 9.80 Å². The Labute approximate surface area is 158 Å². The Bertz CT molecular complexity index is 846. The summed E-state index contributed by atoms with van der Waals surface area (Å²) >= 11 is 0. The van der Waals surface area contributed by atoms with E-state index in [4.69, 9.17) is 0 Å². The number of hydrogen-bond donors (Lipinski definition) is 0. The maximum Gasteiger partial charge on any atom is 0.227 e. The second kappa shape index (κ2) is 7.51. The highest BCUT2D eigenvalue weighted by Crippen LogP contribution is 2.29. The zero-order valence-corrected chi connectivity index (χ0v) is 15.2. The molecule has 0 aromatic heterocycles. The number of rotatable bonds is 6. The van der Waals surface area contributed by atoms with Gasteiger partial charge in [-0.15, -0.1) is 0 Å². The molecule has 5 heteroatoms. The van der Waals surface area contributed by atoms with Gasteiger partial charge in [0.1, 0.15) is 5.82 Å². The number of carbonyl (C=O) groups is 2. The summed E-state index contributed by atoms with van der Waals surface area (Å²) in [4.78, 5) is 28.4. The van der Waals surface area contributed by atoms with E-state index in [0.29, 0.717) is 19.4 Å². The molecule has 2 fully saturated rings. The summed E-state index contributed by atoms with van der Waals surface area (Å²) in [5.41, 5.74) is 2.64. The highest BCUT2D eigenvalue weighted by Gasteiger charge is 2.32. The van der Waals surface area contributed by atoms with Gasteiger partial charge in [0.15, 0.2) is 0 Å². The van der Waals surface area contributed by atoms with E-state index in [1.165, 1.54) is 12.1 Å². The first-order chi connectivity index (χ1) is 13.1. The van der Waals surface area contributed by atoms with Crippen molar-refractivity contribution in [1.29, 1.82) is 0 Å². The average Bonchev–Trinajstić information content (AvgIpc) is 3.41. The smallest absolute Gasteiger partial charge is 0.227 e. The van der Waals surface area contributed by atoms with Crippen LogP contribution in [0.5, 0.6) is 0 Å². The lowest BCUT2D eigenvalue weighted by molar-refractivity contribution is -0.131. The van der Waals surface area contributed by atoms with Crippen molar-refractivity contribution < 1.29 is 14.0 Å². The van der Waals surface area contributed by atoms with Gasteiger partial charge in [0.25, 0.3) is 0 Å². The highest BCUT2D eigenvalue weighted by atomic mass is 19.1. The number of benzene rings is 2. The van der Waals surface area contributed by atoms with Gasteiger partial charge in [-0.1, -0.05) is 24.3 Å². The molecule has 4 nitrogen and oxygen atoms in total. The molecule has 0 atom stereocenters. The van der Waals surface area contributed by atoms with Crippen molar-refractivity contribution in [3.8, 4) is 0 Å². The lowest BCUT2D eigenvalue weighted by atomic mass is 10.1. The molecule has 140 valence electrons. The molecule has 0 spiro atoms. The third kappa shape index (κ3) is 4.18. The van der Waals surface area contributed by atoms with Gasteiger partial charge in [-0.2, -0.15) is 0 Å². The van der Waals surface area contributed by atoms with Crippen LogP contribution in [0.15, 0.2) is 48.5 Å². The van der Waals surface area contributed by atoms with E-state index in [-0.39, 0.29) is 23.7 Å². The number of halogens is 1. The molecule has 0 unspecified atom stereocenters. The van der Waals surface area contributed by atoms with Crippen LogP contribution in [0.4, 0.5) is 10.1 Å². The molecule has 0 bridgehead atoms. The SMILES string of the molecule is O=C1CCCN1c1ccc(CC(=O)N(Cc2cccc(F)c2)C2CC2)cc1. The number of nitrogens with zero attached hydrogens (tertiary/aromatic N) is 2. The van der Waals surface area contributed by atoms with Crippen molar-refractivity contribution in [3.05, 3.63) is 65.5 Å². The molecule has 1 saturated heterocycles. The predicted octanol–water partition coefficient (Wildman–Crippen LogP) is 3.69. The van der Waals surface area contributed by atoms with Crippen LogP contribution in [-0.2, 0) is 22.6 Å². The fraction of sp³-hybridized carbons (Fsp3) is 0.364. The van der Waals surface area contributed by atoms with Crippen molar-refractivity contribution in [2.24, 2.45) is 0 Å². The molecule has 2 amide bonds. The summed E-state index contributed by atoms with van der Waals surface area (Å²) in [5.74, 6) is -0.0525. The van der Waals surface area contributed by atoms with E-state index < -0.39 is 0 Å². The molecule has 4 rings (SSSR count). The maximum atomic E-state index is 13.4. The lowest BCUT2D eigenvalue weighted by Gasteiger charge is -2.23. The number of anilines is 1. The standard InChI is InChI=1S/C22H23FN2O2/c23-18-4-1-3-17(13-18)15-25(20-10-11-20)22(27)14-16-6-8-19(9-7-16)24-12-2-5-21(24)26/h1,3-4,6-9,13,20H,2,5,10-12,14-15H2. The maximum absolute atomic E-state index is 13.4. The van der Waals surface area contributed by atoms with Crippen LogP contribution in [0.25, 0.3) is 0 Å². The van der Waals surface area contributed by atoms with E-state index in [9.17, 15) is 14.0 Å². The predicted molar refractivity (Wildman–Crippen MR) is 102 cm³/mol. The zero-order valence-electron chi connectivity index (χ0n) is 15.2. The molecule has 0 N–H and O–H groups in total. The van der Waals surface area contributed by atoms with Crippen LogP contribution < -0.4 is 4.90 Å². The number of amides is 2. The quantitative estimate of drug-likeness (QED) is 0.782. The van der Waals surface area contributed by atoms with Gasteiger partial charge in [-0.05, 0) is 54.7 Å². The van der Waals surface area contributed by atoms with E-state index in [1.807, 2.05) is 35.2 Å². The van der Waals surface area contributed by atoms with Crippen LogP contribution in [0.1, 0.15) is 36.8 Å². The van der Waals surface area contributed by atoms with Crippen molar-refractivity contribution in [3.63, 3.8) is 0 Å². The van der Waals surface area contributed by atoms with Gasteiger partial charge in [0.05, 0.1) is 6.42 Å². The van der Waals surface area contributed by atoms with Gasteiger partial charge in [0, 0.05) is 31.2 Å². The molecule has 1 saturated carbocycles. The summed E-state index contributed by atoms with van der Waals surface area (Å²) in [7, 11) is 0. The molecule has 2 aliphatic rings. The first-order valence-electron chi connectivity index (χ1n) is 9.53. The Balaban J connectivity index is 1.42. The number of carbonyl (C=O) groups excluding carboxylic acids is 2. The monoisotopic (exact) mass is 366 g/mol. The summed E-state index contributed by atoms with van der Waals surface area (Å²) in [6.45, 7) is 1.21. The molecule has 2 aromatic rings. The highest BCUT2D eigenvalue weighted by molar-refractivity contribution is 5.95. The second-order valence-electron chi connectivity index (χ2n) is 7.37. The molecule has 2 aromatic carbocycles. The fourth-order valence-corrected chi connectivity index (χ4v) is 3.63. The first-order valence-corrected chi connectivity index (χ1v) is 9.53. The molecular weight excluding hydrogens is 343 g/mol. The third-order valence-corrected chi connectivity index (χ3v) is 5.23. The minimum Gasteiger partial charge on any atom is -0.335 e. The molecule has 1 aliphatic carbocycles. The van der Waals surface area contributed by atoms with Crippen LogP contribution in [0, 0.1) is 5.82 Å². The minimum atomic E-state index is -0.275. The Morgan fingerprint density at radius 3 is 2.52 bits per heavy atom. The molecule has 0 radical (unpaired) electrons. The van der Waals surface area contributed by atoms with Gasteiger partial charge >= 0.3 is 0 Å². The van der Waals surface area contributed by atoms with Crippen molar-refractivity contribution in [1.82, 2.24) is 4.90 Å². The van der Waals surface area contributed by atoms with Crippen molar-refractivity contribution in [2.75, 3.05) is 11.4 Å². The topological polar surface area (TPSA) is 40.6 Å². The Morgan fingerprint density at radius 1 is 1.11 bits per heavy atom. The minimum absolute atomic E-state index is 0.0618. The third-order valence-electron chi connectivity index (χ3n) is 5.23. The van der Waals surface area contributed by atoms with Crippen LogP contribution in [0.3, 0.4) is 0 Å². The largest absolute Gasteiger partial charge is 0.335 e. The van der Waals surface area contributed by atoms with Crippen molar-refractivity contribution in [2.45, 2.75) is 44.7 Å². The van der Waals surface area contributed by atoms with Gasteiger partial charge in [-0.3, -0.25) is 9.59 Å². The lowest BCUT2D eigenvalue weighted by Crippen LogP contribution is -2.33. The normalized spacial score (nSPS) is 16.6. The Morgan fingerprint density at radius 2 is 1.89 bits per heavy atom. The van der Waals surface area contributed by atoms with E-state index in [0.717, 1.165) is 42.6 Å². The van der Waals surface area contributed by atoms with Crippen LogP contribution in [-0.4, -0.2) is 29.3 Å². The Kier molecular flexibility index (Phi) is 4.92. The average molecular weight is 366 g/mol. The zero-order chi connectivity index (χ0) is 18.8. The van der Waals surface area contributed by atoms with E-state index in [2.05, 4.69) is 0 Å². The van der Waals surface area contributed by atoms with Crippen LogP contribution >= 0.6 is 0 Å². The fourth-order valence-electron chi connectivity index (χ4n) is 3.63. The van der Waals surface area contributed by atoms with Gasteiger partial charge in [-0.25, -0.2) is 4.39 Å². The van der Waals surface area contributed by atoms with Crippen molar-refractivity contribution >= 4 is 17.5 Å². The summed E-state index contributed by atoms with van der Waals surface area (Å²) in [6, 6.07) is 14.4. The second-order valence-corrected chi connectivity index (χ2v) is 7.37. The van der Waals surface area contributed by atoms with E-state index in [1.54, 1.807) is 11.0 Å². The van der Waals surface area contributed by atoms with E-state index >= 15 is 0 Å². The molecule has 1 aliphatic heterocycles. The molecular formula is C22H23FN2O2.